The number of piperidine rings is 1. The van der Waals surface area contributed by atoms with E-state index in [4.69, 9.17) is 13.9 Å². The van der Waals surface area contributed by atoms with Crippen LogP contribution >= 0.6 is 0 Å². The second-order valence-electron chi connectivity index (χ2n) is 6.43. The zero-order chi connectivity index (χ0) is 19.6. The zero-order valence-corrected chi connectivity index (χ0v) is 15.1. The van der Waals surface area contributed by atoms with E-state index < -0.39 is 18.4 Å². The van der Waals surface area contributed by atoms with Crippen LogP contribution in [0.2, 0.25) is 0 Å². The topological polar surface area (TPSA) is 86.0 Å². The van der Waals surface area contributed by atoms with Gasteiger partial charge in [-0.25, -0.2) is 9.18 Å². The molecular weight excluding hydrogens is 357 g/mol. The summed E-state index contributed by atoms with van der Waals surface area (Å²) in [6.07, 6.45) is 1.02. The maximum absolute atomic E-state index is 13.8. The van der Waals surface area contributed by atoms with Crippen molar-refractivity contribution >= 4 is 28.8 Å². The smallest absolute Gasteiger partial charge is 0.375 e. The average Bonchev–Trinajstić information content (AvgIpc) is 3.03. The predicted molar refractivity (Wildman–Crippen MR) is 92.5 cm³/mol. The SMILES string of the molecule is COC(=O)C1CCN(C(=O)COC(=O)c2oc3c(F)cccc3c2C)CC1. The minimum atomic E-state index is -0.819. The van der Waals surface area contributed by atoms with Crippen molar-refractivity contribution in [2.75, 3.05) is 26.8 Å². The van der Waals surface area contributed by atoms with Gasteiger partial charge < -0.3 is 18.8 Å². The van der Waals surface area contributed by atoms with E-state index in [2.05, 4.69) is 0 Å². The van der Waals surface area contributed by atoms with Crippen molar-refractivity contribution in [2.45, 2.75) is 19.8 Å². The van der Waals surface area contributed by atoms with Crippen molar-refractivity contribution in [2.24, 2.45) is 5.92 Å². The van der Waals surface area contributed by atoms with Crippen LogP contribution in [0.4, 0.5) is 4.39 Å². The Labute approximate surface area is 155 Å². The number of para-hydroxylation sites is 1. The maximum Gasteiger partial charge on any atom is 0.375 e. The van der Waals surface area contributed by atoms with Gasteiger partial charge in [-0.05, 0) is 25.8 Å². The Morgan fingerprint density at radius 2 is 1.96 bits per heavy atom. The predicted octanol–water partition coefficient (Wildman–Crippen LogP) is 2.45. The first-order valence-electron chi connectivity index (χ1n) is 8.62. The Bertz CT molecular complexity index is 882. The Hall–Kier alpha value is -2.90. The lowest BCUT2D eigenvalue weighted by Gasteiger charge is -2.30. The number of rotatable bonds is 4. The van der Waals surface area contributed by atoms with Crippen LogP contribution in [0, 0.1) is 18.7 Å². The number of ether oxygens (including phenoxy) is 2. The molecule has 0 saturated carbocycles. The summed E-state index contributed by atoms with van der Waals surface area (Å²) in [5, 5.41) is 0.484. The van der Waals surface area contributed by atoms with Crippen molar-refractivity contribution in [3.05, 3.63) is 35.3 Å². The Morgan fingerprint density at radius 3 is 2.59 bits per heavy atom. The number of likely N-dealkylation sites (tertiary alicyclic amines) is 1. The summed E-state index contributed by atoms with van der Waals surface area (Å²) >= 11 is 0. The molecule has 1 amide bonds. The highest BCUT2D eigenvalue weighted by Crippen LogP contribution is 2.27. The van der Waals surface area contributed by atoms with Crippen LogP contribution in [0.15, 0.2) is 22.6 Å². The number of nitrogens with zero attached hydrogens (tertiary/aromatic N) is 1. The quantitative estimate of drug-likeness (QED) is 0.761. The van der Waals surface area contributed by atoms with Gasteiger partial charge in [-0.3, -0.25) is 9.59 Å². The summed E-state index contributed by atoms with van der Waals surface area (Å²) < 4.78 is 28.8. The monoisotopic (exact) mass is 377 g/mol. The number of aryl methyl sites for hydroxylation is 1. The number of benzene rings is 1. The molecule has 1 aromatic carbocycles. The number of esters is 2. The molecule has 1 aliphatic rings. The molecule has 0 bridgehead atoms. The van der Waals surface area contributed by atoms with Crippen molar-refractivity contribution < 1.29 is 32.7 Å². The number of hydrogen-bond acceptors (Lipinski definition) is 6. The minimum Gasteiger partial charge on any atom is -0.469 e. The number of halogens is 1. The van der Waals surface area contributed by atoms with Gasteiger partial charge >= 0.3 is 11.9 Å². The van der Waals surface area contributed by atoms with Gasteiger partial charge in [0.25, 0.3) is 5.91 Å². The molecule has 1 saturated heterocycles. The van der Waals surface area contributed by atoms with Crippen molar-refractivity contribution in [3.8, 4) is 0 Å². The van der Waals surface area contributed by atoms with E-state index in [1.54, 1.807) is 13.0 Å². The largest absolute Gasteiger partial charge is 0.469 e. The number of furan rings is 1. The summed E-state index contributed by atoms with van der Waals surface area (Å²) in [5.74, 6) is -2.35. The van der Waals surface area contributed by atoms with Gasteiger partial charge in [-0.2, -0.15) is 0 Å². The summed E-state index contributed by atoms with van der Waals surface area (Å²) in [6.45, 7) is 1.97. The Morgan fingerprint density at radius 1 is 1.26 bits per heavy atom. The Balaban J connectivity index is 1.58. The van der Waals surface area contributed by atoms with Crippen LogP contribution in [-0.4, -0.2) is 49.6 Å². The fraction of sp³-hybridized carbons (Fsp3) is 0.421. The molecule has 27 heavy (non-hydrogen) atoms. The van der Waals surface area contributed by atoms with E-state index in [1.807, 2.05) is 0 Å². The Kier molecular flexibility index (Phi) is 5.43. The van der Waals surface area contributed by atoms with Crippen LogP contribution < -0.4 is 0 Å². The number of fused-ring (bicyclic) bond motifs is 1. The van der Waals surface area contributed by atoms with Gasteiger partial charge in [-0.15, -0.1) is 0 Å². The lowest BCUT2D eigenvalue weighted by Crippen LogP contribution is -2.42. The molecule has 1 fully saturated rings. The molecule has 0 spiro atoms. The molecule has 0 unspecified atom stereocenters. The van der Waals surface area contributed by atoms with Crippen LogP contribution in [0.5, 0.6) is 0 Å². The maximum atomic E-state index is 13.8. The van der Waals surface area contributed by atoms with Gasteiger partial charge in [0.2, 0.25) is 5.76 Å². The summed E-state index contributed by atoms with van der Waals surface area (Å²) in [4.78, 5) is 37.5. The summed E-state index contributed by atoms with van der Waals surface area (Å²) in [5.41, 5.74) is 0.444. The molecule has 8 heteroatoms. The molecule has 0 atom stereocenters. The van der Waals surface area contributed by atoms with E-state index in [9.17, 15) is 18.8 Å². The molecular formula is C19H20FNO6. The van der Waals surface area contributed by atoms with Crippen LogP contribution in [0.25, 0.3) is 11.0 Å². The molecule has 1 aliphatic heterocycles. The molecule has 1 aromatic heterocycles. The van der Waals surface area contributed by atoms with Gasteiger partial charge in [-0.1, -0.05) is 12.1 Å². The molecule has 144 valence electrons. The first-order chi connectivity index (χ1) is 12.9. The van der Waals surface area contributed by atoms with Gasteiger partial charge in [0.05, 0.1) is 13.0 Å². The van der Waals surface area contributed by atoms with Crippen LogP contribution in [-0.2, 0) is 19.1 Å². The highest BCUT2D eigenvalue weighted by Gasteiger charge is 2.29. The van der Waals surface area contributed by atoms with Crippen LogP contribution in [0.1, 0.15) is 29.0 Å². The van der Waals surface area contributed by atoms with E-state index in [0.29, 0.717) is 36.9 Å². The van der Waals surface area contributed by atoms with Gasteiger partial charge in [0, 0.05) is 24.0 Å². The number of carbonyl (C=O) groups excluding carboxylic acids is 3. The van der Waals surface area contributed by atoms with Gasteiger partial charge in [0.15, 0.2) is 18.0 Å². The van der Waals surface area contributed by atoms with E-state index >= 15 is 0 Å². The standard InChI is InChI=1S/C19H20FNO6/c1-11-13-4-3-5-14(20)17(13)27-16(11)19(24)26-10-15(22)21-8-6-12(7-9-21)18(23)25-2/h3-5,12H,6-10H2,1-2H3. The zero-order valence-electron chi connectivity index (χ0n) is 15.1. The minimum absolute atomic E-state index is 0.0156. The molecule has 0 aliphatic carbocycles. The average molecular weight is 377 g/mol. The summed E-state index contributed by atoms with van der Waals surface area (Å²) in [6, 6.07) is 4.41. The van der Waals surface area contributed by atoms with Gasteiger partial charge in [0.1, 0.15) is 0 Å². The van der Waals surface area contributed by atoms with E-state index in [-0.39, 0.29) is 29.1 Å². The number of hydrogen-bond donors (Lipinski definition) is 0. The first kappa shape index (κ1) is 18.9. The third-order valence-corrected chi connectivity index (χ3v) is 4.81. The fourth-order valence-corrected chi connectivity index (χ4v) is 3.22. The highest BCUT2D eigenvalue weighted by atomic mass is 19.1. The molecule has 0 N–H and O–H groups in total. The normalized spacial score (nSPS) is 15.0. The highest BCUT2D eigenvalue weighted by molar-refractivity contribution is 5.96. The molecule has 3 rings (SSSR count). The molecule has 7 nitrogen and oxygen atoms in total. The third-order valence-electron chi connectivity index (χ3n) is 4.81. The van der Waals surface area contributed by atoms with Crippen molar-refractivity contribution in [3.63, 3.8) is 0 Å². The molecule has 2 heterocycles. The second kappa shape index (κ2) is 7.77. The lowest BCUT2D eigenvalue weighted by molar-refractivity contribution is -0.149. The number of amides is 1. The lowest BCUT2D eigenvalue weighted by atomic mass is 9.97. The van der Waals surface area contributed by atoms with E-state index in [0.717, 1.165) is 0 Å². The first-order valence-corrected chi connectivity index (χ1v) is 8.62. The number of carbonyl (C=O) groups is 3. The van der Waals surface area contributed by atoms with Crippen molar-refractivity contribution in [1.29, 1.82) is 0 Å². The molecule has 2 aromatic rings. The second-order valence-corrected chi connectivity index (χ2v) is 6.43. The number of methoxy groups -OCH3 is 1. The van der Waals surface area contributed by atoms with E-state index in [1.165, 1.54) is 24.1 Å². The van der Waals surface area contributed by atoms with Crippen LogP contribution in [0.3, 0.4) is 0 Å². The molecule has 0 radical (unpaired) electrons. The summed E-state index contributed by atoms with van der Waals surface area (Å²) in [7, 11) is 1.34. The van der Waals surface area contributed by atoms with Crippen molar-refractivity contribution in [1.82, 2.24) is 4.90 Å². The third kappa shape index (κ3) is 3.79. The fourth-order valence-electron chi connectivity index (χ4n) is 3.22.